The van der Waals surface area contributed by atoms with E-state index in [9.17, 15) is 9.59 Å². The van der Waals surface area contributed by atoms with Gasteiger partial charge < -0.3 is 0 Å². The predicted molar refractivity (Wildman–Crippen MR) is 88.3 cm³/mol. The lowest BCUT2D eigenvalue weighted by molar-refractivity contribution is -0.115. The quantitative estimate of drug-likeness (QED) is 0.605. The fraction of sp³-hybridized carbons (Fsp3) is 0.684. The fourth-order valence-electron chi connectivity index (χ4n) is 2.61. The molecule has 0 aromatic carbocycles. The molecule has 1 aliphatic rings. The van der Waals surface area contributed by atoms with Crippen LogP contribution in [-0.2, 0) is 9.59 Å². The van der Waals surface area contributed by atoms with Crippen molar-refractivity contribution in [2.24, 2.45) is 0 Å². The Hall–Kier alpha value is -1.18. The third-order valence-electron chi connectivity index (χ3n) is 3.95. The number of allylic oxidation sites excluding steroid dienone is 4. The number of ketones is 2. The lowest BCUT2D eigenvalue weighted by Crippen LogP contribution is -1.92. The van der Waals surface area contributed by atoms with E-state index in [1.807, 2.05) is 12.2 Å². The standard InChI is InChI=1S/C19H30O2/c20-18-14-10-6-3-1-2-4-7-11-15-19(21)17-13-9-5-8-12-16-18/h12-13,16-17H,1-11,14-15H2/b16-12-,17-13-. The molecule has 0 fully saturated rings. The summed E-state index contributed by atoms with van der Waals surface area (Å²) in [5.41, 5.74) is 0. The van der Waals surface area contributed by atoms with Crippen LogP contribution >= 0.6 is 0 Å². The summed E-state index contributed by atoms with van der Waals surface area (Å²) in [5.74, 6) is 0.525. The summed E-state index contributed by atoms with van der Waals surface area (Å²) in [6, 6.07) is 0. The van der Waals surface area contributed by atoms with E-state index in [1.54, 1.807) is 12.2 Å². The number of rotatable bonds is 0. The first kappa shape index (κ1) is 17.9. The Bertz CT molecular complexity index is 319. The van der Waals surface area contributed by atoms with Crippen LogP contribution in [0.2, 0.25) is 0 Å². The lowest BCUT2D eigenvalue weighted by atomic mass is 10.0. The van der Waals surface area contributed by atoms with Gasteiger partial charge >= 0.3 is 0 Å². The van der Waals surface area contributed by atoms with Gasteiger partial charge in [-0.05, 0) is 44.3 Å². The molecule has 0 heterocycles. The van der Waals surface area contributed by atoms with Crippen molar-refractivity contribution in [1.29, 1.82) is 0 Å². The first-order valence-electron chi connectivity index (χ1n) is 8.68. The highest BCUT2D eigenvalue weighted by Crippen LogP contribution is 2.11. The smallest absolute Gasteiger partial charge is 0.155 e. The van der Waals surface area contributed by atoms with E-state index in [0.717, 1.165) is 32.1 Å². The molecule has 1 rings (SSSR count). The van der Waals surface area contributed by atoms with Crippen molar-refractivity contribution in [2.75, 3.05) is 0 Å². The number of hydrogen-bond acceptors (Lipinski definition) is 2. The molecule has 0 aliphatic heterocycles. The van der Waals surface area contributed by atoms with Crippen molar-refractivity contribution in [1.82, 2.24) is 0 Å². The zero-order valence-corrected chi connectivity index (χ0v) is 13.3. The first-order chi connectivity index (χ1) is 10.3. The molecule has 0 aromatic rings. The largest absolute Gasteiger partial charge is 0.295 e. The summed E-state index contributed by atoms with van der Waals surface area (Å²) in [7, 11) is 0. The van der Waals surface area contributed by atoms with E-state index < -0.39 is 0 Å². The highest BCUT2D eigenvalue weighted by Gasteiger charge is 1.99. The van der Waals surface area contributed by atoms with E-state index in [-0.39, 0.29) is 11.6 Å². The van der Waals surface area contributed by atoms with Crippen LogP contribution in [0.25, 0.3) is 0 Å². The third-order valence-corrected chi connectivity index (χ3v) is 3.95. The lowest BCUT2D eigenvalue weighted by Gasteiger charge is -2.01. The summed E-state index contributed by atoms with van der Waals surface area (Å²) < 4.78 is 0. The monoisotopic (exact) mass is 290 g/mol. The van der Waals surface area contributed by atoms with Gasteiger partial charge in [0.2, 0.25) is 0 Å². The van der Waals surface area contributed by atoms with Gasteiger partial charge in [-0.3, -0.25) is 9.59 Å². The van der Waals surface area contributed by atoms with E-state index in [0.29, 0.717) is 12.8 Å². The number of hydrogen-bond donors (Lipinski definition) is 0. The van der Waals surface area contributed by atoms with Crippen LogP contribution in [0.4, 0.5) is 0 Å². The van der Waals surface area contributed by atoms with Crippen LogP contribution in [0, 0.1) is 0 Å². The Kier molecular flexibility index (Phi) is 10.7. The molecule has 0 saturated heterocycles. The molecule has 0 unspecified atom stereocenters. The van der Waals surface area contributed by atoms with Crippen LogP contribution in [0.1, 0.15) is 83.5 Å². The normalized spacial score (nSPS) is 24.6. The van der Waals surface area contributed by atoms with Crippen LogP contribution in [-0.4, -0.2) is 11.6 Å². The highest BCUT2D eigenvalue weighted by atomic mass is 16.1. The Balaban J connectivity index is 2.32. The van der Waals surface area contributed by atoms with Crippen molar-refractivity contribution in [3.05, 3.63) is 24.3 Å². The summed E-state index contributed by atoms with van der Waals surface area (Å²) in [6.45, 7) is 0. The second-order valence-electron chi connectivity index (χ2n) is 6.00. The molecule has 21 heavy (non-hydrogen) atoms. The third kappa shape index (κ3) is 11.2. The molecule has 1 aliphatic carbocycles. The maximum absolute atomic E-state index is 11.6. The van der Waals surface area contributed by atoms with Crippen LogP contribution in [0.5, 0.6) is 0 Å². The summed E-state index contributed by atoms with van der Waals surface area (Å²) in [4.78, 5) is 23.2. The predicted octanol–water partition coefficient (Wildman–Crippen LogP) is 5.32. The molecule has 0 aromatic heterocycles. The maximum atomic E-state index is 11.6. The van der Waals surface area contributed by atoms with Crippen LogP contribution < -0.4 is 0 Å². The molecule has 0 amide bonds. The van der Waals surface area contributed by atoms with Crippen molar-refractivity contribution >= 4 is 11.6 Å². The van der Waals surface area contributed by atoms with Crippen molar-refractivity contribution < 1.29 is 9.59 Å². The highest BCUT2D eigenvalue weighted by molar-refractivity contribution is 5.89. The van der Waals surface area contributed by atoms with Gasteiger partial charge in [0, 0.05) is 12.8 Å². The molecule has 0 spiro atoms. The van der Waals surface area contributed by atoms with Crippen LogP contribution in [0.15, 0.2) is 24.3 Å². The number of carbonyl (C=O) groups excluding carboxylic acids is 2. The molecular formula is C19H30O2. The van der Waals surface area contributed by atoms with E-state index >= 15 is 0 Å². The summed E-state index contributed by atoms with van der Waals surface area (Å²) in [6.07, 6.45) is 21.1. The Morgan fingerprint density at radius 3 is 1.33 bits per heavy atom. The molecule has 0 N–H and O–H groups in total. The van der Waals surface area contributed by atoms with E-state index in [1.165, 1.54) is 38.5 Å². The first-order valence-corrected chi connectivity index (χ1v) is 8.68. The second kappa shape index (κ2) is 12.6. The van der Waals surface area contributed by atoms with Gasteiger partial charge in [-0.1, -0.05) is 50.7 Å². The molecule has 0 saturated carbocycles. The summed E-state index contributed by atoms with van der Waals surface area (Å²) in [5, 5.41) is 0. The van der Waals surface area contributed by atoms with Crippen molar-refractivity contribution in [2.45, 2.75) is 83.5 Å². The van der Waals surface area contributed by atoms with Gasteiger partial charge in [-0.2, -0.15) is 0 Å². The van der Waals surface area contributed by atoms with Gasteiger partial charge in [-0.25, -0.2) is 0 Å². The topological polar surface area (TPSA) is 34.1 Å². The Morgan fingerprint density at radius 2 is 0.905 bits per heavy atom. The minimum atomic E-state index is 0.263. The van der Waals surface area contributed by atoms with Crippen LogP contribution in [0.3, 0.4) is 0 Å². The second-order valence-corrected chi connectivity index (χ2v) is 6.00. The average Bonchev–Trinajstić information content (AvgIpc) is 2.47. The minimum Gasteiger partial charge on any atom is -0.295 e. The Labute approximate surface area is 129 Å². The van der Waals surface area contributed by atoms with Gasteiger partial charge in [0.1, 0.15) is 0 Å². The van der Waals surface area contributed by atoms with Crippen molar-refractivity contribution in [3.8, 4) is 0 Å². The van der Waals surface area contributed by atoms with E-state index in [2.05, 4.69) is 0 Å². The number of carbonyl (C=O) groups is 2. The van der Waals surface area contributed by atoms with Gasteiger partial charge in [0.15, 0.2) is 11.6 Å². The van der Waals surface area contributed by atoms with Gasteiger partial charge in [0.25, 0.3) is 0 Å². The summed E-state index contributed by atoms with van der Waals surface area (Å²) >= 11 is 0. The Morgan fingerprint density at radius 1 is 0.524 bits per heavy atom. The SMILES string of the molecule is O=C1/C=C\CCC/C=C\C(=O)CCCCCCCCCC1. The van der Waals surface area contributed by atoms with Gasteiger partial charge in [0.05, 0.1) is 0 Å². The van der Waals surface area contributed by atoms with Gasteiger partial charge in [-0.15, -0.1) is 0 Å². The average molecular weight is 290 g/mol. The molecule has 0 radical (unpaired) electrons. The van der Waals surface area contributed by atoms with E-state index in [4.69, 9.17) is 0 Å². The maximum Gasteiger partial charge on any atom is 0.155 e. The molecular weight excluding hydrogens is 260 g/mol. The molecule has 118 valence electrons. The zero-order chi connectivity index (χ0) is 15.2. The molecule has 2 heteroatoms. The fourth-order valence-corrected chi connectivity index (χ4v) is 2.61. The van der Waals surface area contributed by atoms with Crippen molar-refractivity contribution in [3.63, 3.8) is 0 Å². The molecule has 2 nitrogen and oxygen atoms in total. The minimum absolute atomic E-state index is 0.263. The molecule has 0 atom stereocenters. The zero-order valence-electron chi connectivity index (χ0n) is 13.3. The molecule has 0 bridgehead atoms.